The van der Waals surface area contributed by atoms with Gasteiger partial charge in [0.1, 0.15) is 0 Å². The smallest absolute Gasteiger partial charge is 0.252 e. The molecule has 1 rings (SSSR count). The van der Waals surface area contributed by atoms with E-state index in [0.717, 1.165) is 11.1 Å². The van der Waals surface area contributed by atoms with Crippen LogP contribution in [0.3, 0.4) is 0 Å². The van der Waals surface area contributed by atoms with Crippen molar-refractivity contribution in [1.29, 1.82) is 0 Å². The van der Waals surface area contributed by atoms with Gasteiger partial charge in [0.15, 0.2) is 0 Å². The predicted octanol–water partition coefficient (Wildman–Crippen LogP) is 0.855. The van der Waals surface area contributed by atoms with Crippen molar-refractivity contribution < 1.29 is 14.6 Å². The van der Waals surface area contributed by atoms with Crippen molar-refractivity contribution in [2.75, 3.05) is 0 Å². The minimum atomic E-state index is -1.49. The number of hydrogen-bond donors (Lipinski definition) is 0. The maximum atomic E-state index is 9.91. The minimum absolute atomic E-state index is 0.0581. The summed E-state index contributed by atoms with van der Waals surface area (Å²) in [6.45, 7) is 2.02. The summed E-state index contributed by atoms with van der Waals surface area (Å²) in [6, 6.07) is 7.43. The van der Waals surface area contributed by atoms with Crippen LogP contribution in [0.5, 0.6) is 0 Å². The van der Waals surface area contributed by atoms with Gasteiger partial charge in [0.25, 0.3) is 6.16 Å². The van der Waals surface area contributed by atoms with Gasteiger partial charge in [-0.05, 0) is 12.5 Å². The molecule has 0 radical (unpaired) electrons. The van der Waals surface area contributed by atoms with Crippen molar-refractivity contribution in [3.05, 3.63) is 35.4 Å². The maximum absolute atomic E-state index is 9.91. The SMILES string of the molecule is Cc1ccc(COC(=O)[O-])cc1. The molecule has 0 unspecified atom stereocenters. The van der Waals surface area contributed by atoms with Gasteiger partial charge in [-0.3, -0.25) is 0 Å². The summed E-state index contributed by atoms with van der Waals surface area (Å²) < 4.78 is 4.27. The molecule has 1 aromatic carbocycles. The fourth-order valence-corrected chi connectivity index (χ4v) is 0.827. The molecule has 0 spiro atoms. The summed E-state index contributed by atoms with van der Waals surface area (Å²) in [5.41, 5.74) is 1.96. The molecule has 3 nitrogen and oxygen atoms in total. The number of carbonyl (C=O) groups is 1. The second-order valence-electron chi connectivity index (χ2n) is 2.52. The van der Waals surface area contributed by atoms with Crippen molar-refractivity contribution in [2.24, 2.45) is 0 Å². The Morgan fingerprint density at radius 1 is 1.42 bits per heavy atom. The van der Waals surface area contributed by atoms with E-state index in [-0.39, 0.29) is 6.61 Å². The molecule has 64 valence electrons. The highest BCUT2D eigenvalue weighted by atomic mass is 16.7. The standard InChI is InChI=1S/C9H10O3/c1-7-2-4-8(5-3-7)6-12-9(10)11/h2-5H,6H2,1H3,(H,10,11)/p-1. The largest absolute Gasteiger partial charge is 0.545 e. The van der Waals surface area contributed by atoms with E-state index in [9.17, 15) is 9.90 Å². The number of aryl methyl sites for hydroxylation is 1. The minimum Gasteiger partial charge on any atom is -0.545 e. The average molecular weight is 165 g/mol. The Kier molecular flexibility index (Phi) is 2.69. The summed E-state index contributed by atoms with van der Waals surface area (Å²) in [6.07, 6.45) is -1.49. The molecule has 0 aliphatic rings. The Morgan fingerprint density at radius 2 is 2.00 bits per heavy atom. The van der Waals surface area contributed by atoms with Crippen LogP contribution >= 0.6 is 0 Å². The Bertz CT molecular complexity index is 264. The Hall–Kier alpha value is -1.51. The Balaban J connectivity index is 2.53. The van der Waals surface area contributed by atoms with Crippen LogP contribution in [-0.2, 0) is 11.3 Å². The molecule has 0 aliphatic heterocycles. The molecule has 1 aromatic rings. The summed E-state index contributed by atoms with van der Waals surface area (Å²) in [5.74, 6) is 0. The van der Waals surface area contributed by atoms with E-state index in [2.05, 4.69) is 4.74 Å². The van der Waals surface area contributed by atoms with E-state index >= 15 is 0 Å². The first-order chi connectivity index (χ1) is 5.68. The zero-order valence-corrected chi connectivity index (χ0v) is 6.74. The molecular formula is C9H9O3-. The lowest BCUT2D eigenvalue weighted by Crippen LogP contribution is -2.23. The number of carbonyl (C=O) groups excluding carboxylic acids is 1. The van der Waals surface area contributed by atoms with Gasteiger partial charge in [-0.25, -0.2) is 0 Å². The highest BCUT2D eigenvalue weighted by molar-refractivity contribution is 5.54. The Morgan fingerprint density at radius 3 is 2.50 bits per heavy atom. The van der Waals surface area contributed by atoms with Crippen LogP contribution in [0.25, 0.3) is 0 Å². The number of hydrogen-bond acceptors (Lipinski definition) is 3. The molecule has 0 saturated carbocycles. The zero-order chi connectivity index (χ0) is 8.97. The molecule has 0 aromatic heterocycles. The van der Waals surface area contributed by atoms with Gasteiger partial charge in [0.05, 0.1) is 6.61 Å². The zero-order valence-electron chi connectivity index (χ0n) is 6.74. The van der Waals surface area contributed by atoms with Gasteiger partial charge >= 0.3 is 0 Å². The number of ether oxygens (including phenoxy) is 1. The second-order valence-corrected chi connectivity index (χ2v) is 2.52. The maximum Gasteiger partial charge on any atom is 0.252 e. The summed E-state index contributed by atoms with van der Waals surface area (Å²) >= 11 is 0. The molecule has 0 amide bonds. The molecule has 0 atom stereocenters. The molecule has 3 heteroatoms. The average Bonchev–Trinajstić information content (AvgIpc) is 2.03. The first-order valence-corrected chi connectivity index (χ1v) is 3.58. The third-order valence-electron chi connectivity index (χ3n) is 1.48. The van der Waals surface area contributed by atoms with Crippen molar-refractivity contribution in [1.82, 2.24) is 0 Å². The highest BCUT2D eigenvalue weighted by Crippen LogP contribution is 2.03. The third kappa shape index (κ3) is 2.62. The van der Waals surface area contributed by atoms with Crippen LogP contribution in [0.15, 0.2) is 24.3 Å². The first-order valence-electron chi connectivity index (χ1n) is 3.58. The molecule has 0 N–H and O–H groups in total. The monoisotopic (exact) mass is 165 g/mol. The fourth-order valence-electron chi connectivity index (χ4n) is 0.827. The van der Waals surface area contributed by atoms with Gasteiger partial charge in [0.2, 0.25) is 0 Å². The summed E-state index contributed by atoms with van der Waals surface area (Å²) in [4.78, 5) is 9.91. The van der Waals surface area contributed by atoms with E-state index in [1.807, 2.05) is 31.2 Å². The van der Waals surface area contributed by atoms with E-state index < -0.39 is 6.16 Å². The second kappa shape index (κ2) is 3.76. The van der Waals surface area contributed by atoms with E-state index in [0.29, 0.717) is 0 Å². The molecule has 0 bridgehead atoms. The fraction of sp³-hybridized carbons (Fsp3) is 0.222. The number of benzene rings is 1. The van der Waals surface area contributed by atoms with Crippen molar-refractivity contribution in [3.8, 4) is 0 Å². The van der Waals surface area contributed by atoms with Crippen molar-refractivity contribution in [2.45, 2.75) is 13.5 Å². The third-order valence-corrected chi connectivity index (χ3v) is 1.48. The summed E-state index contributed by atoms with van der Waals surface area (Å²) in [7, 11) is 0. The van der Waals surface area contributed by atoms with Gasteiger partial charge in [-0.1, -0.05) is 29.8 Å². The van der Waals surface area contributed by atoms with Crippen LogP contribution in [0, 0.1) is 6.92 Å². The van der Waals surface area contributed by atoms with Crippen molar-refractivity contribution >= 4 is 6.16 Å². The summed E-state index contributed by atoms with van der Waals surface area (Å²) in [5, 5.41) is 9.91. The lowest BCUT2D eigenvalue weighted by molar-refractivity contribution is -0.284. The topological polar surface area (TPSA) is 49.4 Å². The first kappa shape index (κ1) is 8.59. The number of carboxylic acid groups (broad SMARTS) is 1. The normalized spacial score (nSPS) is 9.42. The van der Waals surface area contributed by atoms with Crippen LogP contribution < -0.4 is 5.11 Å². The quantitative estimate of drug-likeness (QED) is 0.610. The van der Waals surface area contributed by atoms with Gasteiger partial charge in [-0.2, -0.15) is 0 Å². The molecule has 0 saturated heterocycles. The van der Waals surface area contributed by atoms with Gasteiger partial charge in [0, 0.05) is 0 Å². The van der Waals surface area contributed by atoms with Gasteiger partial charge in [-0.15, -0.1) is 0 Å². The van der Waals surface area contributed by atoms with E-state index in [4.69, 9.17) is 0 Å². The Labute approximate surface area is 70.6 Å². The lowest BCUT2D eigenvalue weighted by atomic mass is 10.2. The van der Waals surface area contributed by atoms with E-state index in [1.165, 1.54) is 0 Å². The van der Waals surface area contributed by atoms with Crippen LogP contribution in [-0.4, -0.2) is 6.16 Å². The van der Waals surface area contributed by atoms with E-state index in [1.54, 1.807) is 0 Å². The number of rotatable bonds is 2. The van der Waals surface area contributed by atoms with Gasteiger partial charge < -0.3 is 14.6 Å². The predicted molar refractivity (Wildman–Crippen MR) is 41.4 cm³/mol. The van der Waals surface area contributed by atoms with Crippen LogP contribution in [0.4, 0.5) is 4.79 Å². The van der Waals surface area contributed by atoms with Crippen molar-refractivity contribution in [3.63, 3.8) is 0 Å². The molecule has 0 heterocycles. The van der Waals surface area contributed by atoms with Crippen LogP contribution in [0.1, 0.15) is 11.1 Å². The lowest BCUT2D eigenvalue weighted by Gasteiger charge is -2.07. The van der Waals surface area contributed by atoms with Crippen LogP contribution in [0.2, 0.25) is 0 Å². The molecular weight excluding hydrogens is 156 g/mol. The molecule has 0 aliphatic carbocycles. The highest BCUT2D eigenvalue weighted by Gasteiger charge is 1.90. The molecule has 0 fully saturated rings. The molecule has 12 heavy (non-hydrogen) atoms.